The van der Waals surface area contributed by atoms with Crippen LogP contribution in [0.2, 0.25) is 0 Å². The second-order valence-corrected chi connectivity index (χ2v) is 3.78. The number of benzene rings is 1. The first kappa shape index (κ1) is 9.83. The van der Waals surface area contributed by atoms with E-state index in [9.17, 15) is 4.79 Å². The molecule has 1 aromatic heterocycles. The van der Waals surface area contributed by atoms with E-state index in [0.717, 1.165) is 11.3 Å². The highest BCUT2D eigenvalue weighted by Gasteiger charge is 2.29. The smallest absolute Gasteiger partial charge is 0.377 e. The van der Waals surface area contributed by atoms with Gasteiger partial charge in [0.25, 0.3) is 5.82 Å². The summed E-state index contributed by atoms with van der Waals surface area (Å²) in [7, 11) is 0. The maximum atomic E-state index is 10.7. The van der Waals surface area contributed by atoms with Crippen molar-refractivity contribution < 1.29 is 14.4 Å². The zero-order valence-corrected chi connectivity index (χ0v) is 8.75. The summed E-state index contributed by atoms with van der Waals surface area (Å²) in [5, 5.41) is 15.4. The van der Waals surface area contributed by atoms with Crippen LogP contribution in [0.1, 0.15) is 28.0 Å². The molecule has 1 aliphatic rings. The summed E-state index contributed by atoms with van der Waals surface area (Å²) < 4.78 is 4.98. The molecular weight excluding hydrogens is 222 g/mol. The Labute approximate surface area is 96.3 Å². The van der Waals surface area contributed by atoms with E-state index >= 15 is 0 Å². The molecule has 3 rings (SSSR count). The number of rotatable bonds is 2. The van der Waals surface area contributed by atoms with Gasteiger partial charge in [-0.05, 0) is 16.8 Å². The van der Waals surface area contributed by atoms with Gasteiger partial charge in [-0.15, -0.1) is 0 Å². The molecule has 2 heterocycles. The maximum absolute atomic E-state index is 10.7. The Kier molecular flexibility index (Phi) is 2.07. The average Bonchev–Trinajstić information content (AvgIpc) is 2.95. The third-order valence-corrected chi connectivity index (χ3v) is 2.76. The van der Waals surface area contributed by atoms with Crippen LogP contribution in [0.4, 0.5) is 5.69 Å². The van der Waals surface area contributed by atoms with Gasteiger partial charge in [0.05, 0.1) is 5.92 Å². The number of fused-ring (bicyclic) bond motifs is 1. The quantitative estimate of drug-likeness (QED) is 0.810. The number of para-hydroxylation sites is 1. The molecule has 1 aromatic carbocycles. The standard InChI is InChI=1S/C11H9N3O3/c15-11(16)9-13-10(17-14-9)7-5-12-8-4-2-1-3-6(7)8/h1-4,7,12H,5H2,(H,15,16). The number of carboxylic acids is 1. The molecule has 6 nitrogen and oxygen atoms in total. The van der Waals surface area contributed by atoms with E-state index in [-0.39, 0.29) is 11.7 Å². The summed E-state index contributed by atoms with van der Waals surface area (Å²) in [4.78, 5) is 14.5. The van der Waals surface area contributed by atoms with Crippen molar-refractivity contribution in [2.75, 3.05) is 11.9 Å². The van der Waals surface area contributed by atoms with E-state index in [1.54, 1.807) is 0 Å². The molecule has 0 saturated carbocycles. The van der Waals surface area contributed by atoms with Crippen molar-refractivity contribution in [1.82, 2.24) is 10.1 Å². The predicted octanol–water partition coefficient (Wildman–Crippen LogP) is 1.33. The van der Waals surface area contributed by atoms with Gasteiger partial charge in [0, 0.05) is 12.2 Å². The number of hydrogen-bond donors (Lipinski definition) is 2. The molecule has 0 saturated heterocycles. The molecule has 0 amide bonds. The van der Waals surface area contributed by atoms with E-state index < -0.39 is 5.97 Å². The fourth-order valence-electron chi connectivity index (χ4n) is 1.97. The number of anilines is 1. The monoisotopic (exact) mass is 231 g/mol. The summed E-state index contributed by atoms with van der Waals surface area (Å²) in [6.07, 6.45) is 0. The summed E-state index contributed by atoms with van der Waals surface area (Å²) >= 11 is 0. The second-order valence-electron chi connectivity index (χ2n) is 3.78. The van der Waals surface area contributed by atoms with E-state index in [1.807, 2.05) is 24.3 Å². The molecule has 1 aliphatic heterocycles. The molecule has 0 spiro atoms. The SMILES string of the molecule is O=C(O)c1noc(C2CNc3ccccc32)n1. The van der Waals surface area contributed by atoms with Gasteiger partial charge >= 0.3 is 5.97 Å². The highest BCUT2D eigenvalue weighted by Crippen LogP contribution is 2.34. The molecule has 0 bridgehead atoms. The van der Waals surface area contributed by atoms with Crippen LogP contribution in [0.5, 0.6) is 0 Å². The molecule has 6 heteroatoms. The lowest BCUT2D eigenvalue weighted by Crippen LogP contribution is -2.05. The van der Waals surface area contributed by atoms with Gasteiger partial charge in [-0.3, -0.25) is 0 Å². The third-order valence-electron chi connectivity index (χ3n) is 2.76. The maximum Gasteiger partial charge on any atom is 0.377 e. The molecule has 0 fully saturated rings. The molecule has 86 valence electrons. The van der Waals surface area contributed by atoms with Gasteiger partial charge < -0.3 is 14.9 Å². The molecule has 2 N–H and O–H groups in total. The Morgan fingerprint density at radius 1 is 1.47 bits per heavy atom. The molecule has 1 unspecified atom stereocenters. The first-order valence-corrected chi connectivity index (χ1v) is 5.15. The van der Waals surface area contributed by atoms with E-state index in [4.69, 9.17) is 9.63 Å². The number of aromatic nitrogens is 2. The Balaban J connectivity index is 1.98. The van der Waals surface area contributed by atoms with Crippen LogP contribution in [0, 0.1) is 0 Å². The molecule has 0 aliphatic carbocycles. The number of hydrogen-bond acceptors (Lipinski definition) is 5. The Morgan fingerprint density at radius 2 is 2.29 bits per heavy atom. The fraction of sp³-hybridized carbons (Fsp3) is 0.182. The molecule has 2 aromatic rings. The molecular formula is C11H9N3O3. The van der Waals surface area contributed by atoms with Crippen molar-refractivity contribution in [2.24, 2.45) is 0 Å². The summed E-state index contributed by atoms with van der Waals surface area (Å²) in [5.41, 5.74) is 2.07. The lowest BCUT2D eigenvalue weighted by atomic mass is 10.0. The zero-order valence-electron chi connectivity index (χ0n) is 8.75. The summed E-state index contributed by atoms with van der Waals surface area (Å²) in [5.74, 6) is -1.23. The van der Waals surface area contributed by atoms with Gasteiger partial charge in [0.1, 0.15) is 0 Å². The number of carboxylic acid groups (broad SMARTS) is 1. The van der Waals surface area contributed by atoms with Crippen molar-refractivity contribution in [3.05, 3.63) is 41.5 Å². The number of aromatic carboxylic acids is 1. The van der Waals surface area contributed by atoms with Gasteiger partial charge in [-0.1, -0.05) is 18.2 Å². The third kappa shape index (κ3) is 1.54. The largest absolute Gasteiger partial charge is 0.475 e. The first-order valence-electron chi connectivity index (χ1n) is 5.15. The second kappa shape index (κ2) is 3.58. The van der Waals surface area contributed by atoms with Crippen LogP contribution in [0.3, 0.4) is 0 Å². The van der Waals surface area contributed by atoms with Crippen LogP contribution < -0.4 is 5.32 Å². The zero-order chi connectivity index (χ0) is 11.8. The Bertz CT molecular complexity index is 579. The van der Waals surface area contributed by atoms with Crippen LogP contribution in [0.15, 0.2) is 28.8 Å². The van der Waals surface area contributed by atoms with Crippen molar-refractivity contribution in [3.63, 3.8) is 0 Å². The van der Waals surface area contributed by atoms with Crippen LogP contribution in [0.25, 0.3) is 0 Å². The van der Waals surface area contributed by atoms with Gasteiger partial charge in [-0.25, -0.2) is 4.79 Å². The normalized spacial score (nSPS) is 17.5. The van der Waals surface area contributed by atoms with Crippen molar-refractivity contribution in [1.29, 1.82) is 0 Å². The minimum atomic E-state index is -1.18. The summed E-state index contributed by atoms with van der Waals surface area (Å²) in [6, 6.07) is 7.78. The summed E-state index contributed by atoms with van der Waals surface area (Å²) in [6.45, 7) is 0.639. The van der Waals surface area contributed by atoms with Crippen molar-refractivity contribution >= 4 is 11.7 Å². The minimum Gasteiger partial charge on any atom is -0.475 e. The Morgan fingerprint density at radius 3 is 3.06 bits per heavy atom. The first-order chi connectivity index (χ1) is 8.25. The van der Waals surface area contributed by atoms with Crippen LogP contribution in [-0.2, 0) is 0 Å². The van der Waals surface area contributed by atoms with Crippen molar-refractivity contribution in [3.8, 4) is 0 Å². The van der Waals surface area contributed by atoms with Gasteiger partial charge in [0.2, 0.25) is 5.89 Å². The highest BCUT2D eigenvalue weighted by molar-refractivity contribution is 5.82. The minimum absolute atomic E-state index is 0.0770. The van der Waals surface area contributed by atoms with E-state index in [2.05, 4.69) is 15.5 Å². The van der Waals surface area contributed by atoms with Crippen LogP contribution in [-0.4, -0.2) is 27.8 Å². The number of carbonyl (C=O) groups is 1. The number of nitrogens with one attached hydrogen (secondary N) is 1. The van der Waals surface area contributed by atoms with Gasteiger partial charge in [0.15, 0.2) is 0 Å². The van der Waals surface area contributed by atoms with E-state index in [0.29, 0.717) is 12.4 Å². The lowest BCUT2D eigenvalue weighted by Gasteiger charge is -2.02. The highest BCUT2D eigenvalue weighted by atomic mass is 16.5. The topological polar surface area (TPSA) is 88.2 Å². The molecule has 17 heavy (non-hydrogen) atoms. The van der Waals surface area contributed by atoms with Crippen molar-refractivity contribution in [2.45, 2.75) is 5.92 Å². The van der Waals surface area contributed by atoms with Gasteiger partial charge in [-0.2, -0.15) is 4.98 Å². The molecule has 0 radical (unpaired) electrons. The fourth-order valence-corrected chi connectivity index (χ4v) is 1.97. The predicted molar refractivity (Wildman–Crippen MR) is 58.0 cm³/mol. The van der Waals surface area contributed by atoms with Crippen LogP contribution >= 0.6 is 0 Å². The molecule has 1 atom stereocenters. The Hall–Kier alpha value is -2.37. The van der Waals surface area contributed by atoms with E-state index in [1.165, 1.54) is 0 Å². The lowest BCUT2D eigenvalue weighted by molar-refractivity contribution is 0.0680. The number of nitrogens with zero attached hydrogens (tertiary/aromatic N) is 2. The average molecular weight is 231 g/mol.